The maximum atomic E-state index is 12.9. The second-order valence-electron chi connectivity index (χ2n) is 6.91. The van der Waals surface area contributed by atoms with Crippen molar-refractivity contribution in [3.63, 3.8) is 0 Å². The predicted molar refractivity (Wildman–Crippen MR) is 125 cm³/mol. The lowest BCUT2D eigenvalue weighted by atomic mass is 10.2. The lowest BCUT2D eigenvalue weighted by Gasteiger charge is -2.16. The van der Waals surface area contributed by atoms with Crippen LogP contribution in [0.15, 0.2) is 66.7 Å². The van der Waals surface area contributed by atoms with Crippen molar-refractivity contribution in [1.29, 1.82) is 0 Å². The predicted octanol–water partition coefficient (Wildman–Crippen LogP) is 5.34. The summed E-state index contributed by atoms with van der Waals surface area (Å²) in [6.45, 7) is 0. The lowest BCUT2D eigenvalue weighted by molar-refractivity contribution is 0.101. The normalized spacial score (nSPS) is 10.6. The maximum absolute atomic E-state index is 12.9. The first kappa shape index (κ1) is 21.3. The number of ether oxygens (including phenoxy) is 2. The van der Waals surface area contributed by atoms with E-state index in [1.54, 1.807) is 48.5 Å². The first-order valence-electron chi connectivity index (χ1n) is 9.71. The number of amides is 2. The van der Waals surface area contributed by atoms with E-state index in [2.05, 4.69) is 15.6 Å². The van der Waals surface area contributed by atoms with Crippen molar-refractivity contribution in [3.8, 4) is 11.5 Å². The third kappa shape index (κ3) is 4.24. The molecule has 4 rings (SSSR count). The molecule has 0 spiro atoms. The van der Waals surface area contributed by atoms with Crippen LogP contribution in [0, 0.1) is 0 Å². The van der Waals surface area contributed by atoms with Crippen molar-refractivity contribution in [2.45, 2.75) is 0 Å². The van der Waals surface area contributed by atoms with Gasteiger partial charge in [-0.15, -0.1) is 0 Å². The van der Waals surface area contributed by atoms with Crippen molar-refractivity contribution in [1.82, 2.24) is 4.98 Å². The van der Waals surface area contributed by atoms with Crippen LogP contribution in [0.4, 0.5) is 11.4 Å². The zero-order chi connectivity index (χ0) is 22.7. The van der Waals surface area contributed by atoms with Gasteiger partial charge in [0.2, 0.25) is 0 Å². The second-order valence-corrected chi connectivity index (χ2v) is 7.32. The van der Waals surface area contributed by atoms with Gasteiger partial charge in [-0.25, -0.2) is 0 Å². The van der Waals surface area contributed by atoms with E-state index in [1.807, 2.05) is 18.2 Å². The van der Waals surface area contributed by atoms with E-state index in [0.29, 0.717) is 44.7 Å². The molecule has 0 radical (unpaired) electrons. The van der Waals surface area contributed by atoms with Crippen molar-refractivity contribution >= 4 is 45.7 Å². The van der Waals surface area contributed by atoms with Crippen LogP contribution in [0.5, 0.6) is 11.5 Å². The largest absolute Gasteiger partial charge is 0.494 e. The Hall–Kier alpha value is -3.97. The minimum Gasteiger partial charge on any atom is -0.494 e. The van der Waals surface area contributed by atoms with Gasteiger partial charge in [-0.2, -0.15) is 0 Å². The number of aromatic amines is 1. The topological polar surface area (TPSA) is 92.4 Å². The summed E-state index contributed by atoms with van der Waals surface area (Å²) in [7, 11) is 2.95. The monoisotopic (exact) mass is 449 g/mol. The molecule has 7 nitrogen and oxygen atoms in total. The average molecular weight is 450 g/mol. The molecule has 1 heterocycles. The molecule has 162 valence electrons. The average Bonchev–Trinajstić information content (AvgIpc) is 3.26. The number of aromatic nitrogens is 1. The number of fused-ring (bicyclic) bond motifs is 1. The highest BCUT2D eigenvalue weighted by Crippen LogP contribution is 2.37. The summed E-state index contributed by atoms with van der Waals surface area (Å²) >= 11 is 6.19. The molecule has 0 unspecified atom stereocenters. The van der Waals surface area contributed by atoms with E-state index in [0.717, 1.165) is 5.39 Å². The zero-order valence-corrected chi connectivity index (χ0v) is 18.1. The standard InChI is InChI=1S/C24H20ClN3O4/c1-31-20-13-18(28-24(30)19-11-15-9-6-10-16(25)22(15)26-19)21(32-2)12-17(20)27-23(29)14-7-4-3-5-8-14/h3-13,26H,1-2H3,(H,27,29)(H,28,30). The summed E-state index contributed by atoms with van der Waals surface area (Å²) in [6, 6.07) is 19.1. The van der Waals surface area contributed by atoms with Gasteiger partial charge < -0.3 is 25.1 Å². The molecule has 0 fully saturated rings. The van der Waals surface area contributed by atoms with Crippen LogP contribution in [0.2, 0.25) is 5.02 Å². The molecule has 0 aliphatic heterocycles. The van der Waals surface area contributed by atoms with Gasteiger partial charge in [-0.1, -0.05) is 41.9 Å². The molecule has 0 saturated heterocycles. The first-order chi connectivity index (χ1) is 15.5. The number of halogens is 1. The third-order valence-electron chi connectivity index (χ3n) is 4.90. The molecule has 8 heteroatoms. The van der Waals surface area contributed by atoms with Crippen LogP contribution < -0.4 is 20.1 Å². The maximum Gasteiger partial charge on any atom is 0.272 e. The smallest absolute Gasteiger partial charge is 0.272 e. The molecule has 32 heavy (non-hydrogen) atoms. The van der Waals surface area contributed by atoms with Gasteiger partial charge in [0, 0.05) is 23.1 Å². The molecular formula is C24H20ClN3O4. The number of H-pyrrole nitrogens is 1. The fourth-order valence-corrected chi connectivity index (χ4v) is 3.54. The number of hydrogen-bond acceptors (Lipinski definition) is 4. The SMILES string of the molecule is COc1cc(NC(=O)c2cc3cccc(Cl)c3[nH]2)c(OC)cc1NC(=O)c1ccccc1. The van der Waals surface area contributed by atoms with Gasteiger partial charge in [-0.3, -0.25) is 9.59 Å². The van der Waals surface area contributed by atoms with Gasteiger partial charge in [-0.05, 0) is 24.3 Å². The number of rotatable bonds is 6. The Kier molecular flexibility index (Phi) is 6.00. The Morgan fingerprint density at radius 2 is 1.44 bits per heavy atom. The number of methoxy groups -OCH3 is 2. The number of nitrogens with one attached hydrogen (secondary N) is 3. The van der Waals surface area contributed by atoms with Crippen LogP contribution in [0.3, 0.4) is 0 Å². The highest BCUT2D eigenvalue weighted by atomic mass is 35.5. The highest BCUT2D eigenvalue weighted by molar-refractivity contribution is 6.35. The molecule has 0 bridgehead atoms. The van der Waals surface area contributed by atoms with E-state index in [1.165, 1.54) is 14.2 Å². The quantitative estimate of drug-likeness (QED) is 0.370. The van der Waals surface area contributed by atoms with Crippen LogP contribution in [0.1, 0.15) is 20.8 Å². The Bertz CT molecular complexity index is 1300. The summed E-state index contributed by atoms with van der Waals surface area (Å²) in [5, 5.41) is 6.98. The van der Waals surface area contributed by atoms with Gasteiger partial charge in [0.1, 0.15) is 17.2 Å². The van der Waals surface area contributed by atoms with Gasteiger partial charge in [0.15, 0.2) is 0 Å². The van der Waals surface area contributed by atoms with Crippen LogP contribution in [0.25, 0.3) is 10.9 Å². The van der Waals surface area contributed by atoms with Crippen molar-refractivity contribution in [2.75, 3.05) is 24.9 Å². The van der Waals surface area contributed by atoms with Crippen molar-refractivity contribution < 1.29 is 19.1 Å². The molecule has 1 aromatic heterocycles. The minimum atomic E-state index is -0.376. The minimum absolute atomic E-state index is 0.294. The van der Waals surface area contributed by atoms with Crippen LogP contribution in [-0.4, -0.2) is 31.0 Å². The van der Waals surface area contributed by atoms with Crippen molar-refractivity contribution in [2.24, 2.45) is 0 Å². The molecule has 3 aromatic carbocycles. The molecule has 0 aliphatic rings. The number of carbonyl (C=O) groups excluding carboxylic acids is 2. The first-order valence-corrected chi connectivity index (χ1v) is 10.1. The van der Waals surface area contributed by atoms with E-state index in [4.69, 9.17) is 21.1 Å². The molecular weight excluding hydrogens is 430 g/mol. The number of anilines is 2. The molecule has 0 saturated carbocycles. The Labute approximate surface area is 189 Å². The van der Waals surface area contributed by atoms with E-state index in [9.17, 15) is 9.59 Å². The van der Waals surface area contributed by atoms with Gasteiger partial charge >= 0.3 is 0 Å². The summed E-state index contributed by atoms with van der Waals surface area (Å²) in [5.74, 6) is 0.0538. The van der Waals surface area contributed by atoms with Crippen molar-refractivity contribution in [3.05, 3.63) is 83.0 Å². The van der Waals surface area contributed by atoms with Gasteiger partial charge in [0.05, 0.1) is 36.1 Å². The lowest BCUT2D eigenvalue weighted by Crippen LogP contribution is -2.15. The molecule has 2 amide bonds. The summed E-state index contributed by atoms with van der Waals surface area (Å²) in [6.07, 6.45) is 0. The fraction of sp³-hybridized carbons (Fsp3) is 0.0833. The summed E-state index contributed by atoms with van der Waals surface area (Å²) in [4.78, 5) is 28.4. The fourth-order valence-electron chi connectivity index (χ4n) is 3.31. The van der Waals surface area contributed by atoms with Gasteiger partial charge in [0.25, 0.3) is 11.8 Å². The van der Waals surface area contributed by atoms with Crippen LogP contribution >= 0.6 is 11.6 Å². The number of carbonyl (C=O) groups is 2. The number of benzene rings is 3. The molecule has 0 aliphatic carbocycles. The summed E-state index contributed by atoms with van der Waals surface area (Å²) in [5.41, 5.74) is 2.33. The van der Waals surface area contributed by atoms with E-state index in [-0.39, 0.29) is 11.8 Å². The Morgan fingerprint density at radius 1 is 0.812 bits per heavy atom. The number of para-hydroxylation sites is 1. The van der Waals surface area contributed by atoms with Crippen LogP contribution in [-0.2, 0) is 0 Å². The van der Waals surface area contributed by atoms with E-state index < -0.39 is 0 Å². The Balaban J connectivity index is 1.61. The summed E-state index contributed by atoms with van der Waals surface area (Å²) < 4.78 is 10.9. The van der Waals surface area contributed by atoms with E-state index >= 15 is 0 Å². The highest BCUT2D eigenvalue weighted by Gasteiger charge is 2.18. The second kappa shape index (κ2) is 9.03. The number of hydrogen-bond donors (Lipinski definition) is 3. The molecule has 4 aromatic rings. The molecule has 0 atom stereocenters. The third-order valence-corrected chi connectivity index (χ3v) is 5.22. The Morgan fingerprint density at radius 3 is 2.03 bits per heavy atom. The zero-order valence-electron chi connectivity index (χ0n) is 17.4. The molecule has 3 N–H and O–H groups in total.